The highest BCUT2D eigenvalue weighted by Crippen LogP contribution is 2.65. The van der Waals surface area contributed by atoms with E-state index in [1.807, 2.05) is 0 Å². The third kappa shape index (κ3) is 9.05. The maximum atomic E-state index is 15.8. The number of aliphatic hydroxyl groups excluding tert-OH is 1. The highest BCUT2D eigenvalue weighted by Gasteiger charge is 2.78. The van der Waals surface area contributed by atoms with Crippen molar-refractivity contribution in [1.82, 2.24) is 5.32 Å². The molecule has 1 aliphatic heterocycles. The molecule has 16 nitrogen and oxygen atoms in total. The fourth-order valence-corrected chi connectivity index (χ4v) is 10.1. The zero-order valence-corrected chi connectivity index (χ0v) is 38.2. The third-order valence-corrected chi connectivity index (χ3v) is 13.1. The molecule has 0 unspecified atom stereocenters. The molecule has 1 aromatic rings. The minimum Gasteiger partial charge on any atom is -0.456 e. The van der Waals surface area contributed by atoms with Crippen LogP contribution in [0, 0.1) is 16.7 Å². The number of amides is 1. The molecule has 1 amide bonds. The number of rotatable bonds is 13. The molecule has 1 saturated heterocycles. The number of hydrogen-bond donors (Lipinski definition) is 3. The Balaban J connectivity index is 1.76. The quantitative estimate of drug-likeness (QED) is 0.105. The number of carbonyl (C=O) groups excluding carboxylic acids is 6. The Hall–Kier alpha value is -4.29. The molecule has 1 heterocycles. The van der Waals surface area contributed by atoms with Gasteiger partial charge in [-0.25, -0.2) is 14.4 Å². The van der Waals surface area contributed by atoms with E-state index in [-0.39, 0.29) is 42.1 Å². The summed E-state index contributed by atoms with van der Waals surface area (Å²) in [6.07, 6.45) is -8.49. The SMILES string of the molecule is C=C(C)C[C@H](NC(=O)OC(C)(C)C)[C@@H](O)C(=O)O[C@H]1C[C@@]2(O)[C@@H](OC(=O)c3ccccc3)[C@@H]3[C@]4(OC(C)=O)CO[C@@H]4C[C@H](OCSC)[C@@]3(C)C(=O)[C@H](OC(C)=O)C(=C1C)C2(C)C. The highest BCUT2D eigenvalue weighted by atomic mass is 32.2. The number of nitrogens with one attached hydrogen (secondary N) is 1. The lowest BCUT2D eigenvalue weighted by Gasteiger charge is -2.67. The standard InChI is InChI=1S/C45H61NO15S/c1-23(2)18-28(46-40(53)61-41(6,7)8)33(49)39(52)58-29-20-45(54)37(59-38(51)27-16-14-13-15-17-27)35-43(11,36(50)34(57-25(4)47)32(24(29)3)42(45,9)10)30(56-22-62-12)19-31-44(35,21-55-31)60-26(5)48/h13-17,28-31,33-35,37,49,54H,1,18-22H2,2-12H3,(H,46,53)/t28-,29-,30-,31+,33+,34+,35-,37-,43+,44-,45+/m0/s1. The van der Waals surface area contributed by atoms with E-state index in [1.54, 1.807) is 79.8 Å². The summed E-state index contributed by atoms with van der Waals surface area (Å²) in [4.78, 5) is 83.4. The number of ketones is 1. The van der Waals surface area contributed by atoms with Gasteiger partial charge in [-0.15, -0.1) is 18.3 Å². The van der Waals surface area contributed by atoms with Gasteiger partial charge in [-0.05, 0) is 77.5 Å². The molecule has 11 atom stereocenters. The number of benzene rings is 1. The largest absolute Gasteiger partial charge is 0.456 e. The van der Waals surface area contributed by atoms with E-state index in [0.717, 1.165) is 6.92 Å². The van der Waals surface area contributed by atoms with Gasteiger partial charge in [0, 0.05) is 32.1 Å². The first-order chi connectivity index (χ1) is 28.7. The van der Waals surface area contributed by atoms with E-state index in [1.165, 1.54) is 30.8 Å². The van der Waals surface area contributed by atoms with Crippen LogP contribution < -0.4 is 5.32 Å². The predicted octanol–water partition coefficient (Wildman–Crippen LogP) is 4.77. The average molecular weight is 888 g/mol. The second kappa shape index (κ2) is 18.1. The van der Waals surface area contributed by atoms with E-state index in [4.69, 9.17) is 33.2 Å². The van der Waals surface area contributed by atoms with Crippen molar-refractivity contribution >= 4 is 47.5 Å². The number of aliphatic hydroxyl groups is 2. The monoisotopic (exact) mass is 887 g/mol. The van der Waals surface area contributed by atoms with Gasteiger partial charge in [0.2, 0.25) is 0 Å². The summed E-state index contributed by atoms with van der Waals surface area (Å²) in [6.45, 7) is 18.8. The van der Waals surface area contributed by atoms with Crippen LogP contribution in [-0.4, -0.2) is 124 Å². The molecule has 2 bridgehead atoms. The van der Waals surface area contributed by atoms with Gasteiger partial charge in [-0.3, -0.25) is 14.4 Å². The molecule has 0 aromatic heterocycles. The number of fused-ring (bicyclic) bond motifs is 5. The van der Waals surface area contributed by atoms with Crippen LogP contribution in [0.5, 0.6) is 0 Å². The Bertz CT molecular complexity index is 1980. The van der Waals surface area contributed by atoms with Gasteiger partial charge in [0.15, 0.2) is 23.6 Å². The van der Waals surface area contributed by atoms with E-state index in [0.29, 0.717) is 5.57 Å². The molecule has 342 valence electrons. The smallest absolute Gasteiger partial charge is 0.407 e. The molecular formula is C45H61NO15S. The van der Waals surface area contributed by atoms with Gasteiger partial charge in [0.05, 0.1) is 41.6 Å². The predicted molar refractivity (Wildman–Crippen MR) is 224 cm³/mol. The Labute approximate surface area is 366 Å². The van der Waals surface area contributed by atoms with Crippen molar-refractivity contribution in [2.45, 2.75) is 148 Å². The summed E-state index contributed by atoms with van der Waals surface area (Å²) in [5, 5.41) is 27.8. The van der Waals surface area contributed by atoms with Gasteiger partial charge in [-0.1, -0.05) is 37.6 Å². The normalized spacial score (nSPS) is 32.2. The van der Waals surface area contributed by atoms with Crippen LogP contribution in [0.2, 0.25) is 0 Å². The molecule has 1 aromatic carbocycles. The minimum atomic E-state index is -2.34. The average Bonchev–Trinajstić information content (AvgIpc) is 3.15. The third-order valence-electron chi connectivity index (χ3n) is 12.7. The van der Waals surface area contributed by atoms with Crippen LogP contribution >= 0.6 is 11.8 Å². The highest BCUT2D eigenvalue weighted by molar-refractivity contribution is 7.98. The number of esters is 4. The molecule has 5 rings (SSSR count). The van der Waals surface area contributed by atoms with E-state index >= 15 is 4.79 Å². The van der Waals surface area contributed by atoms with Crippen molar-refractivity contribution in [3.63, 3.8) is 0 Å². The number of ether oxygens (including phenoxy) is 7. The van der Waals surface area contributed by atoms with Gasteiger partial charge in [0.1, 0.15) is 29.5 Å². The van der Waals surface area contributed by atoms with Crippen molar-refractivity contribution in [2.75, 3.05) is 18.8 Å². The van der Waals surface area contributed by atoms with Crippen molar-refractivity contribution in [1.29, 1.82) is 0 Å². The second-order valence-electron chi connectivity index (χ2n) is 18.6. The summed E-state index contributed by atoms with van der Waals surface area (Å²) >= 11 is 1.34. The molecule has 0 spiro atoms. The van der Waals surface area contributed by atoms with Crippen molar-refractivity contribution in [3.05, 3.63) is 59.2 Å². The van der Waals surface area contributed by atoms with Crippen LogP contribution in [0.1, 0.15) is 98.9 Å². The van der Waals surface area contributed by atoms with Gasteiger partial charge in [-0.2, -0.15) is 0 Å². The van der Waals surface area contributed by atoms with E-state index in [9.17, 15) is 34.2 Å². The Morgan fingerprint density at radius 2 is 1.66 bits per heavy atom. The van der Waals surface area contributed by atoms with Crippen LogP contribution in [0.4, 0.5) is 4.79 Å². The first-order valence-corrected chi connectivity index (χ1v) is 22.0. The van der Waals surface area contributed by atoms with E-state index < -0.39 is 118 Å². The second-order valence-corrected chi connectivity index (χ2v) is 19.4. The van der Waals surface area contributed by atoms with Crippen molar-refractivity contribution < 1.29 is 72.1 Å². The van der Waals surface area contributed by atoms with Crippen molar-refractivity contribution in [2.24, 2.45) is 16.7 Å². The molecule has 2 saturated carbocycles. The van der Waals surface area contributed by atoms with Crippen LogP contribution in [0.3, 0.4) is 0 Å². The number of Topliss-reactive ketones (excluding diaryl/α,β-unsaturated/α-hetero) is 1. The Morgan fingerprint density at radius 1 is 1.02 bits per heavy atom. The van der Waals surface area contributed by atoms with Gasteiger partial charge < -0.3 is 48.7 Å². The van der Waals surface area contributed by atoms with Gasteiger partial charge >= 0.3 is 30.0 Å². The lowest BCUT2D eigenvalue weighted by molar-refractivity contribution is -0.347. The summed E-state index contributed by atoms with van der Waals surface area (Å²) < 4.78 is 42.6. The Kier molecular flexibility index (Phi) is 14.2. The maximum absolute atomic E-state index is 15.8. The first-order valence-electron chi connectivity index (χ1n) is 20.6. The molecule has 3 N–H and O–H groups in total. The Morgan fingerprint density at radius 3 is 2.19 bits per heavy atom. The van der Waals surface area contributed by atoms with Crippen LogP contribution in [0.15, 0.2) is 53.6 Å². The van der Waals surface area contributed by atoms with Crippen molar-refractivity contribution in [3.8, 4) is 0 Å². The fourth-order valence-electron chi connectivity index (χ4n) is 9.84. The van der Waals surface area contributed by atoms with E-state index in [2.05, 4.69) is 11.9 Å². The van der Waals surface area contributed by atoms with Gasteiger partial charge in [0.25, 0.3) is 0 Å². The minimum absolute atomic E-state index is 0.0411. The molecule has 0 radical (unpaired) electrons. The summed E-state index contributed by atoms with van der Waals surface area (Å²) in [6, 6.07) is 6.70. The fraction of sp³-hybridized carbons (Fsp3) is 0.644. The molecule has 4 aliphatic rings. The maximum Gasteiger partial charge on any atom is 0.407 e. The van der Waals surface area contributed by atoms with Crippen LogP contribution in [0.25, 0.3) is 0 Å². The first kappa shape index (κ1) is 48.7. The molecule has 17 heteroatoms. The number of carbonyl (C=O) groups is 6. The summed E-state index contributed by atoms with van der Waals surface area (Å²) in [5.41, 5.74) is -7.52. The zero-order valence-electron chi connectivity index (χ0n) is 37.4. The topological polar surface area (TPSA) is 220 Å². The molecule has 62 heavy (non-hydrogen) atoms. The molecule has 3 aliphatic carbocycles. The number of thioether (sulfide) groups is 1. The lowest BCUT2D eigenvalue weighted by atomic mass is 9.44. The lowest BCUT2D eigenvalue weighted by Crippen LogP contribution is -2.82. The number of hydrogen-bond acceptors (Lipinski definition) is 16. The zero-order chi connectivity index (χ0) is 46.3. The summed E-state index contributed by atoms with van der Waals surface area (Å²) in [5.74, 6) is -5.73. The number of alkyl carbamates (subject to hydrolysis) is 1. The van der Waals surface area contributed by atoms with Crippen LogP contribution in [-0.2, 0) is 52.3 Å². The molecular weight excluding hydrogens is 827 g/mol. The molecule has 3 fully saturated rings. The summed E-state index contributed by atoms with van der Waals surface area (Å²) in [7, 11) is 0.